The smallest absolute Gasteiger partial charge is 0.261 e. The number of amides is 1. The van der Waals surface area contributed by atoms with E-state index < -0.39 is 28.9 Å². The van der Waals surface area contributed by atoms with Gasteiger partial charge in [0.2, 0.25) is 0 Å². The van der Waals surface area contributed by atoms with E-state index in [0.29, 0.717) is 11.8 Å². The van der Waals surface area contributed by atoms with Crippen molar-refractivity contribution in [2.75, 3.05) is 7.11 Å². The van der Waals surface area contributed by atoms with Crippen LogP contribution in [-0.4, -0.2) is 29.1 Å². The Balaban J connectivity index is 1.93. The number of phenols is 1. The van der Waals surface area contributed by atoms with E-state index in [1.807, 2.05) is 18.2 Å². The number of rotatable bonds is 5. The molecule has 1 amide bonds. The van der Waals surface area contributed by atoms with Gasteiger partial charge in [0, 0.05) is 30.3 Å². The van der Waals surface area contributed by atoms with Crippen LogP contribution in [0.15, 0.2) is 36.4 Å². The Bertz CT molecular complexity index is 752. The average molecular weight is 333 g/mol. The Kier molecular flexibility index (Phi) is 4.38. The molecule has 2 aromatic carbocycles. The first-order chi connectivity index (χ1) is 11.5. The molecule has 1 aliphatic rings. The van der Waals surface area contributed by atoms with Gasteiger partial charge in [-0.15, -0.1) is 0 Å². The third kappa shape index (κ3) is 3.18. The van der Waals surface area contributed by atoms with Gasteiger partial charge in [-0.2, -0.15) is 0 Å². The number of hydrogen-bond acceptors (Lipinski definition) is 3. The van der Waals surface area contributed by atoms with Gasteiger partial charge in [0.05, 0.1) is 7.11 Å². The molecule has 0 unspecified atom stereocenters. The molecule has 1 N–H and O–H groups in total. The molecular weight excluding hydrogens is 316 g/mol. The third-order valence-corrected chi connectivity index (χ3v) is 4.03. The highest BCUT2D eigenvalue weighted by atomic mass is 19.1. The molecule has 0 saturated heterocycles. The van der Waals surface area contributed by atoms with Crippen molar-refractivity contribution >= 4 is 5.91 Å². The first-order valence-electron chi connectivity index (χ1n) is 7.62. The standard InChI is InChI=1S/C18H17F2NO3/c1-24-16-5-3-2-4-11(16)10-21(13-6-7-13)18(23)17-14(20)8-12(19)9-15(17)22/h2-5,8-9,13,22H,6-7,10H2,1H3. The molecule has 3 rings (SSSR count). The SMILES string of the molecule is COc1ccccc1CN(C(=O)c1c(O)cc(F)cc1F)C1CC1. The van der Waals surface area contributed by atoms with Gasteiger partial charge in [-0.3, -0.25) is 4.79 Å². The molecular formula is C18H17F2NO3. The molecule has 4 nitrogen and oxygen atoms in total. The van der Waals surface area contributed by atoms with E-state index in [9.17, 15) is 18.7 Å². The second kappa shape index (κ2) is 6.47. The van der Waals surface area contributed by atoms with E-state index in [1.54, 1.807) is 6.07 Å². The summed E-state index contributed by atoms with van der Waals surface area (Å²) >= 11 is 0. The normalized spacial score (nSPS) is 13.6. The molecule has 6 heteroatoms. The van der Waals surface area contributed by atoms with Gasteiger partial charge in [-0.25, -0.2) is 8.78 Å². The molecule has 0 bridgehead atoms. The van der Waals surface area contributed by atoms with Crippen LogP contribution in [0.1, 0.15) is 28.8 Å². The van der Waals surface area contributed by atoms with Crippen molar-refractivity contribution in [1.29, 1.82) is 0 Å². The van der Waals surface area contributed by atoms with Crippen molar-refractivity contribution < 1.29 is 23.4 Å². The minimum atomic E-state index is -1.07. The van der Waals surface area contributed by atoms with E-state index in [-0.39, 0.29) is 12.6 Å². The number of carbonyl (C=O) groups excluding carboxylic acids is 1. The van der Waals surface area contributed by atoms with Crippen LogP contribution in [0.4, 0.5) is 8.78 Å². The highest BCUT2D eigenvalue weighted by molar-refractivity contribution is 5.97. The quantitative estimate of drug-likeness (QED) is 0.911. The van der Waals surface area contributed by atoms with Crippen molar-refractivity contribution in [2.24, 2.45) is 0 Å². The summed E-state index contributed by atoms with van der Waals surface area (Å²) in [5.74, 6) is -2.71. The van der Waals surface area contributed by atoms with E-state index in [0.717, 1.165) is 24.5 Å². The minimum Gasteiger partial charge on any atom is -0.507 e. The molecule has 126 valence electrons. The number of nitrogens with zero attached hydrogens (tertiary/aromatic N) is 1. The summed E-state index contributed by atoms with van der Waals surface area (Å²) in [5.41, 5.74) is 0.278. The Hall–Kier alpha value is -2.63. The third-order valence-electron chi connectivity index (χ3n) is 4.03. The van der Waals surface area contributed by atoms with Gasteiger partial charge in [0.25, 0.3) is 5.91 Å². The van der Waals surface area contributed by atoms with E-state index in [1.165, 1.54) is 12.0 Å². The predicted molar refractivity (Wildman–Crippen MR) is 83.9 cm³/mol. The van der Waals surface area contributed by atoms with Gasteiger partial charge in [0.15, 0.2) is 0 Å². The number of halogens is 2. The summed E-state index contributed by atoms with van der Waals surface area (Å²) in [7, 11) is 1.54. The van der Waals surface area contributed by atoms with Crippen LogP contribution in [0.2, 0.25) is 0 Å². The summed E-state index contributed by atoms with van der Waals surface area (Å²) < 4.78 is 32.4. The Labute approximate surface area is 138 Å². The zero-order valence-electron chi connectivity index (χ0n) is 13.1. The van der Waals surface area contributed by atoms with Gasteiger partial charge in [0.1, 0.15) is 28.7 Å². The van der Waals surface area contributed by atoms with Crippen molar-refractivity contribution in [2.45, 2.75) is 25.4 Å². The number of benzene rings is 2. The van der Waals surface area contributed by atoms with Crippen LogP contribution in [-0.2, 0) is 6.54 Å². The lowest BCUT2D eigenvalue weighted by Gasteiger charge is -2.24. The second-order valence-electron chi connectivity index (χ2n) is 5.76. The van der Waals surface area contributed by atoms with E-state index >= 15 is 0 Å². The van der Waals surface area contributed by atoms with E-state index in [4.69, 9.17) is 4.74 Å². The molecule has 2 aromatic rings. The number of aromatic hydroxyl groups is 1. The highest BCUT2D eigenvalue weighted by Crippen LogP contribution is 2.34. The maximum atomic E-state index is 14.0. The lowest BCUT2D eigenvalue weighted by atomic mass is 10.1. The Morgan fingerprint density at radius 2 is 2.00 bits per heavy atom. The fourth-order valence-electron chi connectivity index (χ4n) is 2.69. The highest BCUT2D eigenvalue weighted by Gasteiger charge is 2.35. The zero-order valence-corrected chi connectivity index (χ0v) is 13.1. The molecule has 0 heterocycles. The van der Waals surface area contributed by atoms with Crippen LogP contribution >= 0.6 is 0 Å². The first-order valence-corrected chi connectivity index (χ1v) is 7.62. The predicted octanol–water partition coefficient (Wildman–Crippen LogP) is 3.48. The number of carbonyl (C=O) groups is 1. The van der Waals surface area contributed by atoms with Gasteiger partial charge in [-0.05, 0) is 18.9 Å². The van der Waals surface area contributed by atoms with Crippen LogP contribution in [0.25, 0.3) is 0 Å². The molecule has 1 saturated carbocycles. The van der Waals surface area contributed by atoms with Crippen molar-refractivity contribution in [1.82, 2.24) is 4.90 Å². The minimum absolute atomic E-state index is 0.0220. The fraction of sp³-hybridized carbons (Fsp3) is 0.278. The largest absolute Gasteiger partial charge is 0.507 e. The fourth-order valence-corrected chi connectivity index (χ4v) is 2.69. The lowest BCUT2D eigenvalue weighted by Crippen LogP contribution is -2.33. The molecule has 1 fully saturated rings. The number of hydrogen-bond donors (Lipinski definition) is 1. The topological polar surface area (TPSA) is 49.8 Å². The van der Waals surface area contributed by atoms with Gasteiger partial charge < -0.3 is 14.7 Å². The molecule has 24 heavy (non-hydrogen) atoms. The van der Waals surface area contributed by atoms with Crippen LogP contribution in [0, 0.1) is 11.6 Å². The number of para-hydroxylation sites is 1. The van der Waals surface area contributed by atoms with Crippen LogP contribution in [0.3, 0.4) is 0 Å². The van der Waals surface area contributed by atoms with Crippen molar-refractivity contribution in [3.8, 4) is 11.5 Å². The summed E-state index contributed by atoms with van der Waals surface area (Å²) in [6.07, 6.45) is 1.62. The second-order valence-corrected chi connectivity index (χ2v) is 5.76. The molecule has 1 aliphatic carbocycles. The average Bonchev–Trinajstić information content (AvgIpc) is 3.36. The summed E-state index contributed by atoms with van der Waals surface area (Å²) in [6.45, 7) is 0.226. The number of methoxy groups -OCH3 is 1. The lowest BCUT2D eigenvalue weighted by molar-refractivity contribution is 0.0720. The molecule has 0 radical (unpaired) electrons. The molecule has 0 aromatic heterocycles. The number of phenolic OH excluding ortho intramolecular Hbond substituents is 1. The first kappa shape index (κ1) is 16.2. The van der Waals surface area contributed by atoms with Crippen molar-refractivity contribution in [3.05, 3.63) is 59.2 Å². The summed E-state index contributed by atoms with van der Waals surface area (Å²) in [5, 5.41) is 9.81. The Morgan fingerprint density at radius 1 is 1.29 bits per heavy atom. The Morgan fingerprint density at radius 3 is 2.62 bits per heavy atom. The molecule has 0 atom stereocenters. The molecule has 0 aliphatic heterocycles. The zero-order chi connectivity index (χ0) is 17.3. The monoisotopic (exact) mass is 333 g/mol. The van der Waals surface area contributed by atoms with E-state index in [2.05, 4.69) is 0 Å². The van der Waals surface area contributed by atoms with Crippen LogP contribution < -0.4 is 4.74 Å². The van der Waals surface area contributed by atoms with Gasteiger partial charge in [-0.1, -0.05) is 18.2 Å². The maximum Gasteiger partial charge on any atom is 0.261 e. The summed E-state index contributed by atoms with van der Waals surface area (Å²) in [4.78, 5) is 14.2. The summed E-state index contributed by atoms with van der Waals surface area (Å²) in [6, 6.07) is 8.56. The van der Waals surface area contributed by atoms with Crippen molar-refractivity contribution in [3.63, 3.8) is 0 Å². The molecule has 0 spiro atoms. The number of ether oxygens (including phenoxy) is 1. The van der Waals surface area contributed by atoms with Crippen LogP contribution in [0.5, 0.6) is 11.5 Å². The van der Waals surface area contributed by atoms with Gasteiger partial charge >= 0.3 is 0 Å². The maximum absolute atomic E-state index is 14.0.